The van der Waals surface area contributed by atoms with E-state index in [1.807, 2.05) is 0 Å². The van der Waals surface area contributed by atoms with E-state index in [-0.39, 0.29) is 11.3 Å². The average Bonchev–Trinajstić information content (AvgIpc) is 2.55. The summed E-state index contributed by atoms with van der Waals surface area (Å²) in [6, 6.07) is 8.57. The summed E-state index contributed by atoms with van der Waals surface area (Å²) in [4.78, 5) is 24.0. The number of hydrogen-bond donors (Lipinski definition) is 2. The van der Waals surface area contributed by atoms with Crippen molar-refractivity contribution in [3.05, 3.63) is 58.4 Å². The lowest BCUT2D eigenvalue weighted by Gasteiger charge is -2.36. The molecule has 0 aliphatic carbocycles. The summed E-state index contributed by atoms with van der Waals surface area (Å²) in [6.45, 7) is 1.53. The molecule has 2 aromatic rings. The molecule has 0 saturated carbocycles. The van der Waals surface area contributed by atoms with Gasteiger partial charge in [0, 0.05) is 28.9 Å². The topological polar surface area (TPSA) is 78.9 Å². The van der Waals surface area contributed by atoms with E-state index in [9.17, 15) is 14.0 Å². The third-order valence-corrected chi connectivity index (χ3v) is 4.40. The van der Waals surface area contributed by atoms with Crippen molar-refractivity contribution < 1.29 is 23.8 Å². The van der Waals surface area contributed by atoms with Gasteiger partial charge in [-0.15, -0.1) is 0 Å². The molecule has 0 fully saturated rings. The Kier molecular flexibility index (Phi) is 4.04. The number of benzene rings is 2. The molecular formula is C17H14ClFN2O4. The molecule has 2 aromatic carbocycles. The SMILES string of the molecule is CN(C(=O)O)c1ccc(F)c(C2(C)OC(=O)Nc3ccc(Cl)cc32)c1. The molecule has 2 N–H and O–H groups in total. The molecule has 2 amide bonds. The molecular weight excluding hydrogens is 351 g/mol. The summed E-state index contributed by atoms with van der Waals surface area (Å²) >= 11 is 6.04. The highest BCUT2D eigenvalue weighted by molar-refractivity contribution is 6.30. The zero-order valence-corrected chi connectivity index (χ0v) is 14.1. The van der Waals surface area contributed by atoms with Gasteiger partial charge in [-0.25, -0.2) is 14.0 Å². The number of amides is 2. The van der Waals surface area contributed by atoms with Crippen LogP contribution in [0.2, 0.25) is 5.02 Å². The number of rotatable bonds is 2. The smallest absolute Gasteiger partial charge is 0.412 e. The number of carbonyl (C=O) groups is 2. The van der Waals surface area contributed by atoms with E-state index in [0.29, 0.717) is 16.3 Å². The number of carbonyl (C=O) groups excluding carboxylic acids is 1. The molecule has 25 heavy (non-hydrogen) atoms. The van der Waals surface area contributed by atoms with Gasteiger partial charge in [-0.3, -0.25) is 10.2 Å². The highest BCUT2D eigenvalue weighted by Crippen LogP contribution is 2.43. The van der Waals surface area contributed by atoms with Gasteiger partial charge >= 0.3 is 12.2 Å². The predicted molar refractivity (Wildman–Crippen MR) is 90.8 cm³/mol. The van der Waals surface area contributed by atoms with Crippen molar-refractivity contribution in [3.8, 4) is 0 Å². The van der Waals surface area contributed by atoms with Gasteiger partial charge in [0.1, 0.15) is 5.82 Å². The number of fused-ring (bicyclic) bond motifs is 1. The number of ether oxygens (including phenoxy) is 1. The lowest BCUT2D eigenvalue weighted by molar-refractivity contribution is 0.0560. The number of anilines is 2. The Labute approximate surface area is 147 Å². The van der Waals surface area contributed by atoms with Gasteiger partial charge in [0.15, 0.2) is 5.60 Å². The Hall–Kier alpha value is -2.80. The van der Waals surface area contributed by atoms with Crippen LogP contribution in [0.5, 0.6) is 0 Å². The summed E-state index contributed by atoms with van der Waals surface area (Å²) in [6.07, 6.45) is -1.94. The van der Waals surface area contributed by atoms with Crippen molar-refractivity contribution in [1.82, 2.24) is 0 Å². The molecule has 0 saturated heterocycles. The van der Waals surface area contributed by atoms with Crippen molar-refractivity contribution in [2.24, 2.45) is 0 Å². The van der Waals surface area contributed by atoms with E-state index in [1.54, 1.807) is 18.2 Å². The zero-order chi connectivity index (χ0) is 18.4. The lowest BCUT2D eigenvalue weighted by atomic mass is 9.85. The quantitative estimate of drug-likeness (QED) is 0.826. The molecule has 0 radical (unpaired) electrons. The number of halogens is 2. The number of hydrogen-bond acceptors (Lipinski definition) is 3. The first-order valence-electron chi connectivity index (χ1n) is 7.29. The number of carboxylic acid groups (broad SMARTS) is 1. The largest absolute Gasteiger partial charge is 0.465 e. The van der Waals surface area contributed by atoms with Gasteiger partial charge in [0.2, 0.25) is 0 Å². The highest BCUT2D eigenvalue weighted by Gasteiger charge is 2.42. The van der Waals surface area contributed by atoms with Crippen LogP contribution in [-0.2, 0) is 10.3 Å². The molecule has 1 atom stereocenters. The van der Waals surface area contributed by atoms with Gasteiger partial charge in [-0.1, -0.05) is 11.6 Å². The van der Waals surface area contributed by atoms with Crippen LogP contribution in [0.3, 0.4) is 0 Å². The van der Waals surface area contributed by atoms with Gasteiger partial charge < -0.3 is 9.84 Å². The minimum atomic E-state index is -1.47. The number of nitrogens with one attached hydrogen (secondary N) is 1. The monoisotopic (exact) mass is 364 g/mol. The first kappa shape index (κ1) is 17.0. The van der Waals surface area contributed by atoms with Gasteiger partial charge in [0.25, 0.3) is 0 Å². The van der Waals surface area contributed by atoms with Crippen LogP contribution in [0.15, 0.2) is 36.4 Å². The maximum absolute atomic E-state index is 14.6. The summed E-state index contributed by atoms with van der Waals surface area (Å²) in [5.74, 6) is -0.634. The van der Waals surface area contributed by atoms with E-state index < -0.39 is 23.6 Å². The van der Waals surface area contributed by atoms with Crippen molar-refractivity contribution in [1.29, 1.82) is 0 Å². The molecule has 1 unspecified atom stereocenters. The third kappa shape index (κ3) is 2.87. The van der Waals surface area contributed by atoms with Crippen LogP contribution in [0, 0.1) is 5.82 Å². The molecule has 1 heterocycles. The van der Waals surface area contributed by atoms with Gasteiger partial charge in [0.05, 0.1) is 5.69 Å². The maximum atomic E-state index is 14.6. The predicted octanol–water partition coefficient (Wildman–Crippen LogP) is 4.42. The van der Waals surface area contributed by atoms with Crippen molar-refractivity contribution in [3.63, 3.8) is 0 Å². The van der Waals surface area contributed by atoms with Crippen LogP contribution in [0.25, 0.3) is 0 Å². The first-order valence-corrected chi connectivity index (χ1v) is 7.67. The van der Waals surface area contributed by atoms with E-state index in [2.05, 4.69) is 5.32 Å². The number of cyclic esters (lactones) is 1. The van der Waals surface area contributed by atoms with Crippen LogP contribution < -0.4 is 10.2 Å². The molecule has 1 aliphatic rings. The Morgan fingerprint density at radius 3 is 2.68 bits per heavy atom. The molecule has 6 nitrogen and oxygen atoms in total. The fourth-order valence-electron chi connectivity index (χ4n) is 2.79. The summed E-state index contributed by atoms with van der Waals surface area (Å²) in [5.41, 5.74) is -0.296. The Balaban J connectivity index is 2.22. The highest BCUT2D eigenvalue weighted by atomic mass is 35.5. The fraction of sp³-hybridized carbons (Fsp3) is 0.176. The van der Waals surface area contributed by atoms with Gasteiger partial charge in [-0.05, 0) is 43.3 Å². The van der Waals surface area contributed by atoms with Crippen molar-refractivity contribution in [2.45, 2.75) is 12.5 Å². The Bertz CT molecular complexity index is 889. The minimum absolute atomic E-state index is 0.0245. The lowest BCUT2D eigenvalue weighted by Crippen LogP contribution is -2.39. The molecule has 0 aromatic heterocycles. The Morgan fingerprint density at radius 1 is 1.28 bits per heavy atom. The molecule has 8 heteroatoms. The molecule has 0 spiro atoms. The standard InChI is InChI=1S/C17H14ClFN2O4/c1-17(11-8-10(4-5-13(11)19)21(2)16(23)24)12-7-9(18)3-6-14(12)20-15(22)25-17/h3-8H,1-2H3,(H,20,22)(H,23,24). The first-order chi connectivity index (χ1) is 11.7. The summed E-state index contributed by atoms with van der Waals surface area (Å²) in [7, 11) is 1.33. The van der Waals surface area contributed by atoms with Crippen LogP contribution in [-0.4, -0.2) is 24.3 Å². The van der Waals surface area contributed by atoms with Crippen LogP contribution >= 0.6 is 11.6 Å². The normalized spacial score (nSPS) is 18.8. The third-order valence-electron chi connectivity index (χ3n) is 4.17. The average molecular weight is 365 g/mol. The van der Waals surface area contributed by atoms with Gasteiger partial charge in [-0.2, -0.15) is 0 Å². The van der Waals surface area contributed by atoms with E-state index in [1.165, 1.54) is 26.1 Å². The van der Waals surface area contributed by atoms with E-state index in [0.717, 1.165) is 11.0 Å². The van der Waals surface area contributed by atoms with E-state index >= 15 is 0 Å². The Morgan fingerprint density at radius 2 is 2.00 bits per heavy atom. The van der Waals surface area contributed by atoms with Crippen LogP contribution in [0.1, 0.15) is 18.1 Å². The molecule has 1 aliphatic heterocycles. The zero-order valence-electron chi connectivity index (χ0n) is 13.3. The maximum Gasteiger partial charge on any atom is 0.412 e. The number of nitrogens with zero attached hydrogens (tertiary/aromatic N) is 1. The van der Waals surface area contributed by atoms with E-state index in [4.69, 9.17) is 21.4 Å². The minimum Gasteiger partial charge on any atom is -0.465 e. The second-order valence-corrected chi connectivity index (χ2v) is 6.18. The molecule has 3 rings (SSSR count). The fourth-order valence-corrected chi connectivity index (χ4v) is 2.97. The summed E-state index contributed by atoms with van der Waals surface area (Å²) in [5, 5.41) is 12.1. The second kappa shape index (κ2) is 5.93. The second-order valence-electron chi connectivity index (χ2n) is 5.74. The summed E-state index contributed by atoms with van der Waals surface area (Å²) < 4.78 is 20.0. The van der Waals surface area contributed by atoms with Crippen molar-refractivity contribution >= 4 is 35.2 Å². The molecule has 0 bridgehead atoms. The van der Waals surface area contributed by atoms with Crippen molar-refractivity contribution in [2.75, 3.05) is 17.3 Å². The van der Waals surface area contributed by atoms with Crippen LogP contribution in [0.4, 0.5) is 25.4 Å². The molecule has 130 valence electrons.